The Bertz CT molecular complexity index is 613. The summed E-state index contributed by atoms with van der Waals surface area (Å²) in [7, 11) is 0. The van der Waals surface area contributed by atoms with Gasteiger partial charge in [-0.2, -0.15) is 0 Å². The van der Waals surface area contributed by atoms with Crippen LogP contribution in [0.15, 0.2) is 12.1 Å². The molecule has 1 unspecified atom stereocenters. The molecule has 112 valence electrons. The van der Waals surface area contributed by atoms with E-state index in [-0.39, 0.29) is 15.7 Å². The van der Waals surface area contributed by atoms with Gasteiger partial charge in [-0.25, -0.2) is 14.1 Å². The molecule has 1 N–H and O–H groups in total. The topological polar surface area (TPSA) is 66.5 Å². The summed E-state index contributed by atoms with van der Waals surface area (Å²) in [5, 5.41) is 1.46. The van der Waals surface area contributed by atoms with Crippen molar-refractivity contribution in [2.75, 3.05) is 4.90 Å². The zero-order valence-electron chi connectivity index (χ0n) is 11.0. The maximum Gasteiger partial charge on any atom is 0.335 e. The van der Waals surface area contributed by atoms with Crippen LogP contribution in [-0.2, 0) is 9.59 Å². The van der Waals surface area contributed by atoms with E-state index in [0.29, 0.717) is 12.8 Å². The van der Waals surface area contributed by atoms with Crippen LogP contribution < -0.4 is 10.2 Å². The van der Waals surface area contributed by atoms with Crippen molar-refractivity contribution in [1.82, 2.24) is 5.32 Å². The van der Waals surface area contributed by atoms with E-state index in [1.165, 1.54) is 0 Å². The van der Waals surface area contributed by atoms with Crippen LogP contribution in [-0.4, -0.2) is 17.8 Å². The van der Waals surface area contributed by atoms with Gasteiger partial charge in [-0.1, -0.05) is 36.5 Å². The molecule has 1 atom stereocenters. The van der Waals surface area contributed by atoms with E-state index in [1.807, 2.05) is 6.92 Å². The summed E-state index contributed by atoms with van der Waals surface area (Å²) >= 11 is 11.3. The normalized spacial score (nSPS) is 19.0. The van der Waals surface area contributed by atoms with Crippen LogP contribution in [0, 0.1) is 11.7 Å². The third kappa shape index (κ3) is 2.87. The molecule has 0 spiro atoms. The van der Waals surface area contributed by atoms with Crippen molar-refractivity contribution in [2.24, 2.45) is 5.92 Å². The Labute approximate surface area is 130 Å². The Hall–Kier alpha value is -1.66. The van der Waals surface area contributed by atoms with Crippen LogP contribution in [0.2, 0.25) is 10.0 Å². The van der Waals surface area contributed by atoms with Crippen LogP contribution in [0.25, 0.3) is 0 Å². The van der Waals surface area contributed by atoms with Crippen LogP contribution in [0.5, 0.6) is 0 Å². The van der Waals surface area contributed by atoms with Gasteiger partial charge in [0.1, 0.15) is 5.92 Å². The summed E-state index contributed by atoms with van der Waals surface area (Å²) in [4.78, 5) is 36.6. The maximum atomic E-state index is 13.4. The number of urea groups is 1. The molecule has 0 aliphatic carbocycles. The van der Waals surface area contributed by atoms with Gasteiger partial charge in [0.05, 0.1) is 15.7 Å². The van der Waals surface area contributed by atoms with Crippen LogP contribution in [0.3, 0.4) is 0 Å². The maximum absolute atomic E-state index is 13.4. The summed E-state index contributed by atoms with van der Waals surface area (Å²) in [6.45, 7) is 1.81. The molecule has 1 aromatic carbocycles. The van der Waals surface area contributed by atoms with E-state index in [0.717, 1.165) is 17.0 Å². The second kappa shape index (κ2) is 5.99. The Kier molecular flexibility index (Phi) is 4.49. The SMILES string of the molecule is CCCC1C(=O)NC(=O)N(c2cc(Cl)c(F)c(Cl)c2)C1=O. The fourth-order valence-corrected chi connectivity index (χ4v) is 2.55. The largest absolute Gasteiger partial charge is 0.335 e. The summed E-state index contributed by atoms with van der Waals surface area (Å²) in [5.74, 6) is -3.12. The lowest BCUT2D eigenvalue weighted by Crippen LogP contribution is -2.58. The molecule has 21 heavy (non-hydrogen) atoms. The second-order valence-electron chi connectivity index (χ2n) is 4.53. The monoisotopic (exact) mass is 332 g/mol. The fraction of sp³-hybridized carbons (Fsp3) is 0.308. The van der Waals surface area contributed by atoms with Crippen molar-refractivity contribution >= 4 is 46.7 Å². The number of rotatable bonds is 3. The zero-order chi connectivity index (χ0) is 15.7. The van der Waals surface area contributed by atoms with Crippen molar-refractivity contribution in [3.63, 3.8) is 0 Å². The summed E-state index contributed by atoms with van der Waals surface area (Å²) in [6.07, 6.45) is 0.897. The molecule has 4 amide bonds. The van der Waals surface area contributed by atoms with Gasteiger partial charge in [-0.3, -0.25) is 14.9 Å². The number of carbonyl (C=O) groups is 3. The molecule has 1 aliphatic rings. The number of nitrogens with zero attached hydrogens (tertiary/aromatic N) is 1. The zero-order valence-corrected chi connectivity index (χ0v) is 12.5. The van der Waals surface area contributed by atoms with Crippen molar-refractivity contribution in [3.8, 4) is 0 Å². The minimum Gasteiger partial charge on any atom is -0.277 e. The van der Waals surface area contributed by atoms with Gasteiger partial charge >= 0.3 is 6.03 Å². The number of carbonyl (C=O) groups excluding carboxylic acids is 3. The van der Waals surface area contributed by atoms with Crippen molar-refractivity contribution in [2.45, 2.75) is 19.8 Å². The molecule has 1 fully saturated rings. The number of barbiturate groups is 1. The molecule has 0 radical (unpaired) electrons. The molecule has 1 heterocycles. The van der Waals surface area contributed by atoms with Crippen LogP contribution in [0.1, 0.15) is 19.8 Å². The number of hydrogen-bond acceptors (Lipinski definition) is 3. The van der Waals surface area contributed by atoms with Crippen molar-refractivity contribution in [3.05, 3.63) is 28.0 Å². The third-order valence-corrected chi connectivity index (χ3v) is 3.62. The highest BCUT2D eigenvalue weighted by Gasteiger charge is 2.40. The molecule has 0 saturated carbocycles. The molecule has 1 aromatic rings. The van der Waals surface area contributed by atoms with Crippen LogP contribution >= 0.6 is 23.2 Å². The fourth-order valence-electron chi connectivity index (χ4n) is 2.08. The number of anilines is 1. The Morgan fingerprint density at radius 2 is 1.81 bits per heavy atom. The molecule has 2 rings (SSSR count). The molecule has 5 nitrogen and oxygen atoms in total. The highest BCUT2D eigenvalue weighted by molar-refractivity contribution is 6.36. The van der Waals surface area contributed by atoms with E-state index in [9.17, 15) is 18.8 Å². The van der Waals surface area contributed by atoms with E-state index in [1.54, 1.807) is 0 Å². The highest BCUT2D eigenvalue weighted by Crippen LogP contribution is 2.31. The quantitative estimate of drug-likeness (QED) is 0.683. The molecule has 0 bridgehead atoms. The lowest BCUT2D eigenvalue weighted by Gasteiger charge is -2.30. The first kappa shape index (κ1) is 15.7. The summed E-state index contributed by atoms with van der Waals surface area (Å²) in [6, 6.07) is 1.31. The van der Waals surface area contributed by atoms with Gasteiger partial charge in [0.15, 0.2) is 5.82 Å². The van der Waals surface area contributed by atoms with E-state index in [4.69, 9.17) is 23.2 Å². The van der Waals surface area contributed by atoms with E-state index in [2.05, 4.69) is 5.32 Å². The molecular formula is C13H11Cl2FN2O3. The predicted molar refractivity (Wildman–Crippen MR) is 75.8 cm³/mol. The van der Waals surface area contributed by atoms with Gasteiger partial charge in [0.2, 0.25) is 11.8 Å². The first-order valence-corrected chi connectivity index (χ1v) is 6.95. The molecule has 1 saturated heterocycles. The third-order valence-electron chi connectivity index (χ3n) is 3.07. The standard InChI is InChI=1S/C13H11Cl2FN2O3/c1-2-3-7-11(19)17-13(21)18(12(7)20)6-4-8(14)10(16)9(15)5-6/h4-5,7H,2-3H2,1H3,(H,17,19,21). The number of hydrogen-bond donors (Lipinski definition) is 1. The first-order valence-electron chi connectivity index (χ1n) is 6.20. The van der Waals surface area contributed by atoms with E-state index >= 15 is 0 Å². The van der Waals surface area contributed by atoms with Crippen molar-refractivity contribution < 1.29 is 18.8 Å². The number of imide groups is 2. The van der Waals surface area contributed by atoms with Gasteiger partial charge in [-0.05, 0) is 18.6 Å². The molecule has 0 aromatic heterocycles. The van der Waals surface area contributed by atoms with Gasteiger partial charge in [0, 0.05) is 0 Å². The summed E-state index contributed by atoms with van der Waals surface area (Å²) in [5.41, 5.74) is 0.0162. The number of benzene rings is 1. The summed E-state index contributed by atoms with van der Waals surface area (Å²) < 4.78 is 13.4. The number of amides is 4. The van der Waals surface area contributed by atoms with Crippen molar-refractivity contribution in [1.29, 1.82) is 0 Å². The van der Waals surface area contributed by atoms with E-state index < -0.39 is 29.6 Å². The van der Waals surface area contributed by atoms with Gasteiger partial charge in [-0.15, -0.1) is 0 Å². The minimum atomic E-state index is -0.963. The average Bonchev–Trinajstić information content (AvgIpc) is 2.40. The van der Waals surface area contributed by atoms with Gasteiger partial charge < -0.3 is 0 Å². The Balaban J connectivity index is 2.44. The lowest BCUT2D eigenvalue weighted by molar-refractivity contribution is -0.134. The Morgan fingerprint density at radius 3 is 2.33 bits per heavy atom. The second-order valence-corrected chi connectivity index (χ2v) is 5.35. The molecular weight excluding hydrogens is 322 g/mol. The number of halogens is 3. The van der Waals surface area contributed by atoms with Crippen LogP contribution in [0.4, 0.5) is 14.9 Å². The molecule has 1 aliphatic heterocycles. The first-order chi connectivity index (χ1) is 9.86. The molecule has 8 heteroatoms. The number of nitrogens with one attached hydrogen (secondary N) is 1. The average molecular weight is 333 g/mol. The highest BCUT2D eigenvalue weighted by atomic mass is 35.5. The smallest absolute Gasteiger partial charge is 0.277 e. The van der Waals surface area contributed by atoms with Gasteiger partial charge in [0.25, 0.3) is 0 Å². The lowest BCUT2D eigenvalue weighted by atomic mass is 9.99. The Morgan fingerprint density at radius 1 is 1.24 bits per heavy atom. The minimum absolute atomic E-state index is 0.0162. The predicted octanol–water partition coefficient (Wildman–Crippen LogP) is 3.13.